The maximum atomic E-state index is 6.84. The molecule has 0 radical (unpaired) electrons. The first-order valence-electron chi connectivity index (χ1n) is 8.82. The highest BCUT2D eigenvalue weighted by Crippen LogP contribution is 2.47. The van der Waals surface area contributed by atoms with Crippen LogP contribution in [0.4, 0.5) is 0 Å². The van der Waals surface area contributed by atoms with Gasteiger partial charge in [0.1, 0.15) is 0 Å². The Balaban J connectivity index is 2.23. The van der Waals surface area contributed by atoms with Crippen LogP contribution < -0.4 is 5.73 Å². The second-order valence-electron chi connectivity index (χ2n) is 8.21. The highest BCUT2D eigenvalue weighted by Gasteiger charge is 2.53. The minimum absolute atomic E-state index is 0.0623. The van der Waals surface area contributed by atoms with Crippen molar-refractivity contribution in [1.29, 1.82) is 0 Å². The fraction of sp³-hybridized carbons (Fsp3) is 1.00. The summed E-state index contributed by atoms with van der Waals surface area (Å²) in [5.41, 5.74) is 6.45. The van der Waals surface area contributed by atoms with Crippen molar-refractivity contribution in [2.75, 3.05) is 6.61 Å². The Labute approximate surface area is 130 Å². The molecule has 0 aromatic carbocycles. The normalized spacial score (nSPS) is 32.6. The molecule has 2 unspecified atom stereocenters. The predicted octanol–water partition coefficient (Wildman–Crippen LogP) is 4.04. The van der Waals surface area contributed by atoms with E-state index in [9.17, 15) is 0 Å². The summed E-state index contributed by atoms with van der Waals surface area (Å²) >= 11 is 0. The van der Waals surface area contributed by atoms with Gasteiger partial charge >= 0.3 is 0 Å². The molecule has 21 heavy (non-hydrogen) atoms. The minimum atomic E-state index is -0.167. The first-order valence-corrected chi connectivity index (χ1v) is 8.82. The Bertz CT molecular complexity index is 343. The van der Waals surface area contributed by atoms with Gasteiger partial charge < -0.3 is 15.2 Å². The molecule has 0 aromatic rings. The van der Waals surface area contributed by atoms with Crippen molar-refractivity contribution in [2.24, 2.45) is 11.7 Å². The molecule has 1 aliphatic carbocycles. The third kappa shape index (κ3) is 3.62. The Hall–Kier alpha value is -0.120. The molecule has 3 nitrogen and oxygen atoms in total. The maximum Gasteiger partial charge on any atom is 0.0836 e. The van der Waals surface area contributed by atoms with Crippen molar-refractivity contribution in [3.05, 3.63) is 0 Å². The van der Waals surface area contributed by atoms with E-state index in [1.807, 2.05) is 0 Å². The molecule has 0 bridgehead atoms. The fourth-order valence-corrected chi connectivity index (χ4v) is 4.72. The summed E-state index contributed by atoms with van der Waals surface area (Å²) in [6, 6.07) is 0.0623. The minimum Gasteiger partial charge on any atom is -0.374 e. The SMILES string of the molecule is CCOC1(C(N)C2CC(C)(C)OC2(C)C)CCCCCC1. The molecule has 1 saturated carbocycles. The first-order chi connectivity index (χ1) is 9.72. The smallest absolute Gasteiger partial charge is 0.0836 e. The quantitative estimate of drug-likeness (QED) is 0.797. The van der Waals surface area contributed by atoms with E-state index < -0.39 is 0 Å². The Kier molecular flexibility index (Phi) is 5.07. The van der Waals surface area contributed by atoms with Crippen LogP contribution in [0, 0.1) is 5.92 Å². The van der Waals surface area contributed by atoms with E-state index >= 15 is 0 Å². The molecule has 1 saturated heterocycles. The molecule has 2 rings (SSSR count). The Morgan fingerprint density at radius 1 is 1.10 bits per heavy atom. The van der Waals surface area contributed by atoms with Crippen LogP contribution in [0.25, 0.3) is 0 Å². The third-order valence-electron chi connectivity index (χ3n) is 5.57. The van der Waals surface area contributed by atoms with Crippen LogP contribution in [0.1, 0.15) is 79.6 Å². The molecule has 1 heterocycles. The lowest BCUT2D eigenvalue weighted by molar-refractivity contribution is -0.111. The molecular weight excluding hydrogens is 262 g/mol. The number of ether oxygens (including phenoxy) is 2. The van der Waals surface area contributed by atoms with Crippen LogP contribution in [0.3, 0.4) is 0 Å². The zero-order valence-electron chi connectivity index (χ0n) is 14.7. The summed E-state index contributed by atoms with van der Waals surface area (Å²) < 4.78 is 12.6. The molecule has 0 aromatic heterocycles. The maximum absolute atomic E-state index is 6.84. The van der Waals surface area contributed by atoms with Gasteiger partial charge in [-0.3, -0.25) is 0 Å². The van der Waals surface area contributed by atoms with Gasteiger partial charge in [0.15, 0.2) is 0 Å². The van der Waals surface area contributed by atoms with E-state index in [0.29, 0.717) is 5.92 Å². The predicted molar refractivity (Wildman–Crippen MR) is 87.4 cm³/mol. The highest BCUT2D eigenvalue weighted by atomic mass is 16.5. The van der Waals surface area contributed by atoms with Crippen molar-refractivity contribution in [1.82, 2.24) is 0 Å². The average Bonchev–Trinajstić information content (AvgIpc) is 2.56. The molecule has 2 aliphatic rings. The topological polar surface area (TPSA) is 44.5 Å². The van der Waals surface area contributed by atoms with E-state index in [0.717, 1.165) is 25.9 Å². The highest BCUT2D eigenvalue weighted by molar-refractivity contribution is 5.06. The fourth-order valence-electron chi connectivity index (χ4n) is 4.72. The van der Waals surface area contributed by atoms with Gasteiger partial charge in [-0.05, 0) is 53.9 Å². The van der Waals surface area contributed by atoms with Crippen molar-refractivity contribution >= 4 is 0 Å². The lowest BCUT2D eigenvalue weighted by Crippen LogP contribution is -2.57. The number of rotatable bonds is 4. The van der Waals surface area contributed by atoms with Crippen molar-refractivity contribution in [2.45, 2.75) is 102 Å². The van der Waals surface area contributed by atoms with Crippen molar-refractivity contribution in [3.8, 4) is 0 Å². The third-order valence-corrected chi connectivity index (χ3v) is 5.57. The van der Waals surface area contributed by atoms with Crippen LogP contribution in [-0.4, -0.2) is 29.5 Å². The average molecular weight is 297 g/mol. The molecule has 2 fully saturated rings. The van der Waals surface area contributed by atoms with Gasteiger partial charge in [0, 0.05) is 18.6 Å². The van der Waals surface area contributed by atoms with E-state index in [1.165, 1.54) is 25.7 Å². The van der Waals surface area contributed by atoms with Gasteiger partial charge in [-0.2, -0.15) is 0 Å². The zero-order valence-corrected chi connectivity index (χ0v) is 14.7. The van der Waals surface area contributed by atoms with Crippen LogP contribution in [0.2, 0.25) is 0 Å². The van der Waals surface area contributed by atoms with Crippen LogP contribution >= 0.6 is 0 Å². The number of hydrogen-bond acceptors (Lipinski definition) is 3. The number of hydrogen-bond donors (Lipinski definition) is 1. The van der Waals surface area contributed by atoms with Gasteiger partial charge in [0.25, 0.3) is 0 Å². The standard InChI is InChI=1S/C18H35NO2/c1-6-20-18(11-9-7-8-10-12-18)15(19)14-13-16(2,3)21-17(14,4)5/h14-15H,6-13,19H2,1-5H3. The summed E-state index contributed by atoms with van der Waals surface area (Å²) in [6.45, 7) is 11.6. The van der Waals surface area contributed by atoms with Crippen LogP contribution in [-0.2, 0) is 9.47 Å². The second kappa shape index (κ2) is 6.17. The van der Waals surface area contributed by atoms with E-state index in [-0.39, 0.29) is 22.8 Å². The summed E-state index contributed by atoms with van der Waals surface area (Å²) in [6.07, 6.45) is 8.35. The Morgan fingerprint density at radius 2 is 1.67 bits per heavy atom. The van der Waals surface area contributed by atoms with E-state index in [1.54, 1.807) is 0 Å². The number of nitrogens with two attached hydrogens (primary N) is 1. The first kappa shape index (κ1) is 17.2. The zero-order chi connectivity index (χ0) is 15.7. The van der Waals surface area contributed by atoms with Gasteiger partial charge in [0.2, 0.25) is 0 Å². The molecule has 1 aliphatic heterocycles. The molecule has 0 spiro atoms. The molecule has 124 valence electrons. The molecule has 2 N–H and O–H groups in total. The monoisotopic (exact) mass is 297 g/mol. The van der Waals surface area contributed by atoms with Crippen LogP contribution in [0.5, 0.6) is 0 Å². The van der Waals surface area contributed by atoms with Gasteiger partial charge in [0.05, 0.1) is 16.8 Å². The van der Waals surface area contributed by atoms with Gasteiger partial charge in [-0.1, -0.05) is 25.7 Å². The van der Waals surface area contributed by atoms with Gasteiger partial charge in [-0.15, -0.1) is 0 Å². The summed E-state index contributed by atoms with van der Waals surface area (Å²) in [4.78, 5) is 0. The lowest BCUT2D eigenvalue weighted by atomic mass is 9.72. The van der Waals surface area contributed by atoms with Gasteiger partial charge in [-0.25, -0.2) is 0 Å². The lowest BCUT2D eigenvalue weighted by Gasteiger charge is -2.44. The van der Waals surface area contributed by atoms with Crippen molar-refractivity contribution in [3.63, 3.8) is 0 Å². The summed E-state index contributed by atoms with van der Waals surface area (Å²) in [5, 5.41) is 0. The summed E-state index contributed by atoms with van der Waals surface area (Å²) in [5.74, 6) is 0.358. The molecule has 0 amide bonds. The van der Waals surface area contributed by atoms with Crippen LogP contribution in [0.15, 0.2) is 0 Å². The van der Waals surface area contributed by atoms with Crippen molar-refractivity contribution < 1.29 is 9.47 Å². The van der Waals surface area contributed by atoms with E-state index in [2.05, 4.69) is 34.6 Å². The van der Waals surface area contributed by atoms with E-state index in [4.69, 9.17) is 15.2 Å². The molecule has 2 atom stereocenters. The summed E-state index contributed by atoms with van der Waals surface area (Å²) in [7, 11) is 0. The molecule has 3 heteroatoms. The second-order valence-corrected chi connectivity index (χ2v) is 8.21. The Morgan fingerprint density at radius 3 is 2.10 bits per heavy atom. The molecular formula is C18H35NO2. The largest absolute Gasteiger partial charge is 0.374 e.